The van der Waals surface area contributed by atoms with Crippen LogP contribution in [0.3, 0.4) is 0 Å². The van der Waals surface area contributed by atoms with Crippen molar-refractivity contribution in [3.8, 4) is 0 Å². The second kappa shape index (κ2) is 13.4. The summed E-state index contributed by atoms with van der Waals surface area (Å²) in [6.45, 7) is 8.75. The molecule has 5 saturated carbocycles. The van der Waals surface area contributed by atoms with Crippen LogP contribution in [-0.4, -0.2) is 69.1 Å². The summed E-state index contributed by atoms with van der Waals surface area (Å²) in [4.78, 5) is 37.3. The van der Waals surface area contributed by atoms with Crippen molar-refractivity contribution in [3.05, 3.63) is 0 Å². The Morgan fingerprint density at radius 1 is 0.889 bits per heavy atom. The highest BCUT2D eigenvalue weighted by Gasteiger charge is 2.65. The Balaban J connectivity index is 1.15. The summed E-state index contributed by atoms with van der Waals surface area (Å²) in [5.74, 6) is 0.119. The molecule has 6 N–H and O–H groups in total. The first kappa shape index (κ1) is 34.6. The van der Waals surface area contributed by atoms with Crippen LogP contribution in [-0.2, 0) is 14.4 Å². The van der Waals surface area contributed by atoms with Gasteiger partial charge in [0.25, 0.3) is 0 Å². The van der Waals surface area contributed by atoms with E-state index in [0.29, 0.717) is 31.7 Å². The summed E-state index contributed by atoms with van der Waals surface area (Å²) in [5, 5.41) is 48.9. The van der Waals surface area contributed by atoms with E-state index in [1.807, 2.05) is 0 Å². The van der Waals surface area contributed by atoms with Crippen LogP contribution < -0.4 is 10.6 Å². The molecule has 5 aliphatic carbocycles. The van der Waals surface area contributed by atoms with E-state index in [1.54, 1.807) is 6.92 Å². The number of aliphatic carboxylic acids is 1. The van der Waals surface area contributed by atoms with E-state index in [-0.39, 0.29) is 64.8 Å². The third-order valence-corrected chi connectivity index (χ3v) is 14.2. The lowest BCUT2D eigenvalue weighted by Gasteiger charge is -2.63. The van der Waals surface area contributed by atoms with Gasteiger partial charge in [0, 0.05) is 13.0 Å². The Morgan fingerprint density at radius 3 is 2.29 bits per heavy atom. The Labute approximate surface area is 269 Å². The van der Waals surface area contributed by atoms with Crippen LogP contribution in [0, 0.1) is 51.8 Å². The number of hydrogen-bond donors (Lipinski definition) is 6. The SMILES string of the molecule is CC(NC(=O)CC[C@@H](C)C1CCC2C3C(O)CC4C[C@H](O)CCC4(C)C3C[C@H](O)C21C)C(=O)NCC1(CC(=O)O)CCCCC1. The molecule has 45 heavy (non-hydrogen) atoms. The average molecular weight is 633 g/mol. The zero-order valence-corrected chi connectivity index (χ0v) is 28.1. The number of rotatable bonds is 10. The smallest absolute Gasteiger partial charge is 0.303 e. The van der Waals surface area contributed by atoms with Gasteiger partial charge in [0.05, 0.1) is 24.7 Å². The number of carboxylic acids is 1. The lowest BCUT2D eigenvalue weighted by molar-refractivity contribution is -0.207. The number of amides is 2. The number of aliphatic hydroxyl groups is 3. The van der Waals surface area contributed by atoms with E-state index in [9.17, 15) is 34.8 Å². The normalized spacial score (nSPS) is 41.9. The Bertz CT molecular complexity index is 1090. The van der Waals surface area contributed by atoms with Crippen LogP contribution in [0.5, 0.6) is 0 Å². The van der Waals surface area contributed by atoms with E-state index in [2.05, 4.69) is 31.4 Å². The fourth-order valence-electron chi connectivity index (χ4n) is 11.5. The van der Waals surface area contributed by atoms with E-state index < -0.39 is 29.6 Å². The zero-order chi connectivity index (χ0) is 32.7. The highest BCUT2D eigenvalue weighted by atomic mass is 16.4. The van der Waals surface area contributed by atoms with Crippen LogP contribution in [0.15, 0.2) is 0 Å². The number of aliphatic hydroxyl groups excluding tert-OH is 3. The number of carbonyl (C=O) groups excluding carboxylic acids is 2. The van der Waals surface area contributed by atoms with Gasteiger partial charge in [-0.1, -0.05) is 40.0 Å². The van der Waals surface area contributed by atoms with Crippen LogP contribution in [0.4, 0.5) is 0 Å². The fraction of sp³-hybridized carbons (Fsp3) is 0.917. The van der Waals surface area contributed by atoms with E-state index in [4.69, 9.17) is 0 Å². The molecule has 0 heterocycles. The molecule has 0 aromatic heterocycles. The number of carbonyl (C=O) groups is 3. The maximum Gasteiger partial charge on any atom is 0.303 e. The molecule has 9 nitrogen and oxygen atoms in total. The number of carboxylic acid groups (broad SMARTS) is 1. The molecular formula is C36H60N2O7. The van der Waals surface area contributed by atoms with Crippen LogP contribution >= 0.6 is 0 Å². The van der Waals surface area contributed by atoms with Crippen LogP contribution in [0.25, 0.3) is 0 Å². The first-order valence-corrected chi connectivity index (χ1v) is 18.0. The second-order valence-electron chi connectivity index (χ2n) is 16.7. The molecule has 5 rings (SSSR count). The summed E-state index contributed by atoms with van der Waals surface area (Å²) in [7, 11) is 0. The van der Waals surface area contributed by atoms with Gasteiger partial charge >= 0.3 is 5.97 Å². The highest BCUT2D eigenvalue weighted by molar-refractivity contribution is 5.87. The predicted molar refractivity (Wildman–Crippen MR) is 171 cm³/mol. The molecule has 0 spiro atoms. The molecule has 256 valence electrons. The van der Waals surface area contributed by atoms with Crippen LogP contribution in [0.1, 0.15) is 124 Å². The molecule has 2 amide bonds. The average Bonchev–Trinajstić information content (AvgIpc) is 3.34. The topological polar surface area (TPSA) is 156 Å². The van der Waals surface area contributed by atoms with Crippen molar-refractivity contribution in [2.45, 2.75) is 148 Å². The maximum atomic E-state index is 13.0. The van der Waals surface area contributed by atoms with Gasteiger partial charge in [0.1, 0.15) is 6.04 Å². The molecule has 0 saturated heterocycles. The van der Waals surface area contributed by atoms with Gasteiger partial charge in [-0.2, -0.15) is 0 Å². The Morgan fingerprint density at radius 2 is 1.60 bits per heavy atom. The quantitative estimate of drug-likeness (QED) is 0.208. The van der Waals surface area contributed by atoms with Gasteiger partial charge in [0.2, 0.25) is 11.8 Å². The highest BCUT2D eigenvalue weighted by Crippen LogP contribution is 2.68. The van der Waals surface area contributed by atoms with Crippen molar-refractivity contribution in [1.82, 2.24) is 10.6 Å². The van der Waals surface area contributed by atoms with Gasteiger partial charge in [-0.05, 0) is 123 Å². The first-order valence-electron chi connectivity index (χ1n) is 18.0. The minimum absolute atomic E-state index is 0.0451. The van der Waals surface area contributed by atoms with Crippen molar-refractivity contribution in [3.63, 3.8) is 0 Å². The van der Waals surface area contributed by atoms with E-state index in [1.165, 1.54) is 0 Å². The third-order valence-electron chi connectivity index (χ3n) is 14.2. The fourth-order valence-corrected chi connectivity index (χ4v) is 11.5. The van der Waals surface area contributed by atoms with Crippen LogP contribution in [0.2, 0.25) is 0 Å². The van der Waals surface area contributed by atoms with Gasteiger partial charge < -0.3 is 31.1 Å². The molecule has 9 unspecified atom stereocenters. The largest absolute Gasteiger partial charge is 0.481 e. The van der Waals surface area contributed by atoms with E-state index in [0.717, 1.165) is 70.6 Å². The zero-order valence-electron chi connectivity index (χ0n) is 28.1. The molecule has 5 aliphatic rings. The van der Waals surface area contributed by atoms with Gasteiger partial charge in [-0.3, -0.25) is 14.4 Å². The standard InChI is InChI=1S/C36H60N2O7/c1-21(8-11-30(42)38-22(2)33(45)37-20-36(19-31(43)44)13-6-5-7-14-36)25-9-10-26-32-27(18-29(41)35(25,26)4)34(3)15-12-24(39)16-23(34)17-28(32)40/h21-29,32,39-41H,5-20H2,1-4H3,(H,37,45)(H,38,42)(H,43,44)/t21-,22?,23?,24-,25?,26?,27?,28?,29+,32?,34?,35?/m1/s1. The molecule has 0 aromatic rings. The van der Waals surface area contributed by atoms with Crippen molar-refractivity contribution >= 4 is 17.8 Å². The number of hydrogen-bond acceptors (Lipinski definition) is 6. The number of fused-ring (bicyclic) bond motifs is 5. The number of nitrogens with one attached hydrogen (secondary N) is 2. The summed E-state index contributed by atoms with van der Waals surface area (Å²) in [5.41, 5.74) is -0.680. The maximum absolute atomic E-state index is 13.0. The summed E-state index contributed by atoms with van der Waals surface area (Å²) in [6.07, 6.45) is 10.4. The molecule has 0 aliphatic heterocycles. The van der Waals surface area contributed by atoms with Crippen molar-refractivity contribution in [2.75, 3.05) is 6.54 Å². The molecule has 12 atom stereocenters. The van der Waals surface area contributed by atoms with Crippen molar-refractivity contribution in [2.24, 2.45) is 51.8 Å². The summed E-state index contributed by atoms with van der Waals surface area (Å²) < 4.78 is 0. The minimum atomic E-state index is -0.840. The first-order chi connectivity index (χ1) is 21.2. The minimum Gasteiger partial charge on any atom is -0.481 e. The summed E-state index contributed by atoms with van der Waals surface area (Å²) in [6, 6.07) is -0.706. The third kappa shape index (κ3) is 6.69. The van der Waals surface area contributed by atoms with Gasteiger partial charge in [-0.25, -0.2) is 0 Å². The lowest BCUT2D eigenvalue weighted by Crippen LogP contribution is -2.62. The molecule has 0 bridgehead atoms. The molecule has 0 aromatic carbocycles. The molecule has 5 fully saturated rings. The molecule has 0 radical (unpaired) electrons. The lowest BCUT2D eigenvalue weighted by atomic mass is 9.43. The van der Waals surface area contributed by atoms with E-state index >= 15 is 0 Å². The summed E-state index contributed by atoms with van der Waals surface area (Å²) >= 11 is 0. The van der Waals surface area contributed by atoms with Crippen molar-refractivity contribution in [1.29, 1.82) is 0 Å². The molecular weight excluding hydrogens is 572 g/mol. The van der Waals surface area contributed by atoms with Crippen molar-refractivity contribution < 1.29 is 34.8 Å². The second-order valence-corrected chi connectivity index (χ2v) is 16.7. The predicted octanol–water partition coefficient (Wildman–Crippen LogP) is 4.41. The molecule has 9 heteroatoms. The monoisotopic (exact) mass is 632 g/mol. The Hall–Kier alpha value is -1.71. The Kier molecular flexibility index (Phi) is 10.3. The van der Waals surface area contributed by atoms with Gasteiger partial charge in [-0.15, -0.1) is 0 Å². The van der Waals surface area contributed by atoms with Gasteiger partial charge in [0.15, 0.2) is 0 Å².